The van der Waals surface area contributed by atoms with Gasteiger partial charge in [0.25, 0.3) is 0 Å². The molecule has 0 saturated heterocycles. The van der Waals surface area contributed by atoms with Crippen molar-refractivity contribution in [1.29, 1.82) is 0 Å². The van der Waals surface area contributed by atoms with Crippen LogP contribution in [0.4, 0.5) is 4.39 Å². The first kappa shape index (κ1) is 23.7. The lowest BCUT2D eigenvalue weighted by Crippen LogP contribution is -2.09. The zero-order chi connectivity index (χ0) is 18.3. The first-order valence-electron chi connectivity index (χ1n) is 8.51. The summed E-state index contributed by atoms with van der Waals surface area (Å²) in [5.74, 6) is 0.434. The van der Waals surface area contributed by atoms with Crippen LogP contribution in [-0.4, -0.2) is 6.67 Å². The van der Waals surface area contributed by atoms with E-state index in [9.17, 15) is 4.39 Å². The third-order valence-corrected chi connectivity index (χ3v) is 3.64. The Balaban J connectivity index is 0. The predicted octanol–water partition coefficient (Wildman–Crippen LogP) is 6.66. The molecule has 0 aliphatic carbocycles. The molecule has 23 heavy (non-hydrogen) atoms. The molecule has 0 aliphatic rings. The molecule has 0 bridgehead atoms. The van der Waals surface area contributed by atoms with Gasteiger partial charge in [0.15, 0.2) is 0 Å². The molecule has 0 radical (unpaired) electrons. The van der Waals surface area contributed by atoms with Gasteiger partial charge in [-0.1, -0.05) is 62.8 Å². The molecule has 1 nitrogen and oxygen atoms in total. The van der Waals surface area contributed by atoms with E-state index in [-0.39, 0.29) is 0 Å². The Morgan fingerprint density at radius 2 is 1.57 bits per heavy atom. The van der Waals surface area contributed by atoms with E-state index in [4.69, 9.17) is 5.73 Å². The molecule has 2 heteroatoms. The smallest absolute Gasteiger partial charge is 0.111 e. The molecule has 2 N–H and O–H groups in total. The average Bonchev–Trinajstić information content (AvgIpc) is 2.54. The molecule has 132 valence electrons. The van der Waals surface area contributed by atoms with Crippen molar-refractivity contribution in [2.24, 2.45) is 11.7 Å². The van der Waals surface area contributed by atoms with E-state index in [1.807, 2.05) is 18.2 Å². The zero-order valence-corrected chi connectivity index (χ0v) is 16.0. The zero-order valence-electron chi connectivity index (χ0n) is 16.0. The third-order valence-electron chi connectivity index (χ3n) is 3.64. The minimum absolute atomic E-state index is 0.396. The number of alkyl halides is 1. The summed E-state index contributed by atoms with van der Waals surface area (Å²) in [7, 11) is 0. The van der Waals surface area contributed by atoms with Crippen LogP contribution >= 0.6 is 0 Å². The molecule has 0 unspecified atom stereocenters. The Bertz CT molecular complexity index is 435. The van der Waals surface area contributed by atoms with Crippen LogP contribution in [-0.2, 0) is 0 Å². The van der Waals surface area contributed by atoms with Crippen molar-refractivity contribution < 1.29 is 4.39 Å². The number of allylic oxidation sites excluding steroid dienone is 9. The van der Waals surface area contributed by atoms with Gasteiger partial charge in [0, 0.05) is 5.70 Å². The Morgan fingerprint density at radius 3 is 1.96 bits per heavy atom. The van der Waals surface area contributed by atoms with E-state index in [0.29, 0.717) is 11.5 Å². The fourth-order valence-corrected chi connectivity index (χ4v) is 1.90. The average molecular weight is 322 g/mol. The maximum Gasteiger partial charge on any atom is 0.111 e. The van der Waals surface area contributed by atoms with Crippen LogP contribution in [0.1, 0.15) is 60.8 Å². The SMILES string of the molecule is C=C/C=C(/C)C=C(C)CC.CCC(CC)/C(N)=C/C=C(/C)CF. The highest BCUT2D eigenvalue weighted by Crippen LogP contribution is 2.14. The summed E-state index contributed by atoms with van der Waals surface area (Å²) in [6.45, 7) is 15.6. The summed E-state index contributed by atoms with van der Waals surface area (Å²) in [5, 5.41) is 0. The lowest BCUT2D eigenvalue weighted by atomic mass is 9.99. The highest BCUT2D eigenvalue weighted by molar-refractivity contribution is 5.23. The lowest BCUT2D eigenvalue weighted by Gasteiger charge is -2.11. The first-order chi connectivity index (χ1) is 10.9. The fourth-order valence-electron chi connectivity index (χ4n) is 1.90. The number of halogens is 1. The summed E-state index contributed by atoms with van der Waals surface area (Å²) in [5.41, 5.74) is 10.1. The van der Waals surface area contributed by atoms with Crippen LogP contribution in [0.3, 0.4) is 0 Å². The maximum atomic E-state index is 12.1. The van der Waals surface area contributed by atoms with Crippen LogP contribution < -0.4 is 5.73 Å². The fraction of sp³-hybridized carbons (Fsp3) is 0.524. The van der Waals surface area contributed by atoms with Crippen molar-refractivity contribution in [3.05, 3.63) is 59.4 Å². The highest BCUT2D eigenvalue weighted by atomic mass is 19.1. The molecule has 0 heterocycles. The van der Waals surface area contributed by atoms with Crippen LogP contribution in [0.5, 0.6) is 0 Å². The van der Waals surface area contributed by atoms with Gasteiger partial charge in [-0.15, -0.1) is 0 Å². The topological polar surface area (TPSA) is 26.0 Å². The van der Waals surface area contributed by atoms with Gasteiger partial charge in [0.2, 0.25) is 0 Å². The number of nitrogens with two attached hydrogens (primary N) is 1. The van der Waals surface area contributed by atoms with Crippen LogP contribution in [0.25, 0.3) is 0 Å². The number of hydrogen-bond acceptors (Lipinski definition) is 1. The largest absolute Gasteiger partial charge is 0.402 e. The Labute approximate surface area is 143 Å². The normalized spacial score (nSPS) is 13.7. The summed E-state index contributed by atoms with van der Waals surface area (Å²) in [6, 6.07) is 0. The van der Waals surface area contributed by atoms with E-state index in [1.165, 1.54) is 11.1 Å². The second-order valence-corrected chi connectivity index (χ2v) is 5.82. The van der Waals surface area contributed by atoms with Gasteiger partial charge < -0.3 is 5.73 Å². The quantitative estimate of drug-likeness (QED) is 0.497. The second kappa shape index (κ2) is 15.3. The van der Waals surface area contributed by atoms with Gasteiger partial charge in [-0.05, 0) is 57.6 Å². The monoisotopic (exact) mass is 321 g/mol. The van der Waals surface area contributed by atoms with E-state index in [1.54, 1.807) is 13.0 Å². The molecule has 0 fully saturated rings. The van der Waals surface area contributed by atoms with Gasteiger partial charge >= 0.3 is 0 Å². The van der Waals surface area contributed by atoms with Crippen molar-refractivity contribution in [2.45, 2.75) is 60.8 Å². The van der Waals surface area contributed by atoms with Crippen molar-refractivity contribution in [1.82, 2.24) is 0 Å². The molecular formula is C21H36FN. The van der Waals surface area contributed by atoms with Gasteiger partial charge in [-0.25, -0.2) is 4.39 Å². The summed E-state index contributed by atoms with van der Waals surface area (Å²) in [6.07, 6.45) is 12.8. The molecule has 0 amide bonds. The molecular weight excluding hydrogens is 285 g/mol. The number of rotatable bonds is 8. The van der Waals surface area contributed by atoms with Crippen molar-refractivity contribution >= 4 is 0 Å². The van der Waals surface area contributed by atoms with Crippen molar-refractivity contribution in [2.75, 3.05) is 6.67 Å². The number of hydrogen-bond donors (Lipinski definition) is 1. The van der Waals surface area contributed by atoms with E-state index in [0.717, 1.165) is 25.0 Å². The van der Waals surface area contributed by atoms with Crippen LogP contribution in [0, 0.1) is 5.92 Å². The Morgan fingerprint density at radius 1 is 1.00 bits per heavy atom. The predicted molar refractivity (Wildman–Crippen MR) is 104 cm³/mol. The van der Waals surface area contributed by atoms with E-state index >= 15 is 0 Å². The molecule has 0 aromatic heterocycles. The molecule has 0 spiro atoms. The second-order valence-electron chi connectivity index (χ2n) is 5.82. The maximum absolute atomic E-state index is 12.1. The summed E-state index contributed by atoms with van der Waals surface area (Å²) < 4.78 is 12.1. The summed E-state index contributed by atoms with van der Waals surface area (Å²) >= 11 is 0. The third kappa shape index (κ3) is 13.8. The van der Waals surface area contributed by atoms with Gasteiger partial charge in [-0.2, -0.15) is 0 Å². The van der Waals surface area contributed by atoms with Gasteiger partial charge in [0.1, 0.15) is 6.67 Å². The Hall–Kier alpha value is -1.57. The molecule has 0 aromatic carbocycles. The molecule has 0 saturated carbocycles. The van der Waals surface area contributed by atoms with Crippen LogP contribution in [0.2, 0.25) is 0 Å². The highest BCUT2D eigenvalue weighted by Gasteiger charge is 2.04. The molecule has 0 rings (SSSR count). The van der Waals surface area contributed by atoms with Crippen molar-refractivity contribution in [3.8, 4) is 0 Å². The first-order valence-corrected chi connectivity index (χ1v) is 8.51. The van der Waals surface area contributed by atoms with Gasteiger partial charge in [-0.3, -0.25) is 0 Å². The minimum atomic E-state index is -0.396. The summed E-state index contributed by atoms with van der Waals surface area (Å²) in [4.78, 5) is 0. The van der Waals surface area contributed by atoms with E-state index in [2.05, 4.69) is 47.3 Å². The molecule has 0 aliphatic heterocycles. The molecule has 0 atom stereocenters. The Kier molecular flexibility index (Phi) is 15.8. The lowest BCUT2D eigenvalue weighted by molar-refractivity contribution is 0.542. The van der Waals surface area contributed by atoms with Gasteiger partial charge in [0.05, 0.1) is 0 Å². The van der Waals surface area contributed by atoms with Crippen LogP contribution in [0.15, 0.2) is 59.4 Å². The molecule has 0 aromatic rings. The minimum Gasteiger partial charge on any atom is -0.402 e. The standard InChI is InChI=1S/C11H20FN.C10H16/c1-4-10(5-2)11(13)7-6-9(3)8-12;1-5-7-10(4)8-9(3)6-2/h6-7,10H,4-5,8,13H2,1-3H3;5,7-8H,1,6H2,2-4H3/b9-6-,11-7-;9-8?,10-7-. The van der Waals surface area contributed by atoms with E-state index < -0.39 is 6.67 Å². The van der Waals surface area contributed by atoms with Crippen molar-refractivity contribution in [3.63, 3.8) is 0 Å².